The lowest BCUT2D eigenvalue weighted by Gasteiger charge is -2.42. The van der Waals surface area contributed by atoms with Crippen LogP contribution in [0.15, 0.2) is 0 Å². The first-order valence-corrected chi connectivity index (χ1v) is 6.71. The molecule has 2 nitrogen and oxygen atoms in total. The molecule has 0 aliphatic heterocycles. The lowest BCUT2D eigenvalue weighted by atomic mass is 9.65. The summed E-state index contributed by atoms with van der Waals surface area (Å²) in [6, 6.07) is 2.50. The molecule has 0 bridgehead atoms. The summed E-state index contributed by atoms with van der Waals surface area (Å²) in [5, 5.41) is 20.6. The Bertz CT molecular complexity index is 308. The van der Waals surface area contributed by atoms with Crippen LogP contribution in [0.25, 0.3) is 0 Å². The van der Waals surface area contributed by atoms with E-state index in [2.05, 4.69) is 19.9 Å². The molecule has 0 saturated heterocycles. The van der Waals surface area contributed by atoms with Gasteiger partial charge in [-0.15, -0.1) is 0 Å². The Morgan fingerprint density at radius 2 is 2.12 bits per heavy atom. The van der Waals surface area contributed by atoms with Gasteiger partial charge in [-0.2, -0.15) is 5.26 Å². The van der Waals surface area contributed by atoms with Crippen LogP contribution < -0.4 is 0 Å². The van der Waals surface area contributed by atoms with Gasteiger partial charge in [0.1, 0.15) is 0 Å². The molecule has 0 aromatic carbocycles. The van der Waals surface area contributed by atoms with Crippen molar-refractivity contribution in [2.45, 2.75) is 64.4 Å². The van der Waals surface area contributed by atoms with Crippen molar-refractivity contribution < 1.29 is 5.11 Å². The van der Waals surface area contributed by atoms with Crippen molar-refractivity contribution in [1.29, 1.82) is 5.26 Å². The predicted octanol–water partition coefficient (Wildman–Crippen LogP) is 3.26. The van der Waals surface area contributed by atoms with E-state index in [4.69, 9.17) is 0 Å². The number of hydrogen-bond acceptors (Lipinski definition) is 2. The molecule has 16 heavy (non-hydrogen) atoms. The largest absolute Gasteiger partial charge is 0.388 e. The smallest absolute Gasteiger partial charge is 0.0865 e. The minimum atomic E-state index is -0.693. The van der Waals surface area contributed by atoms with E-state index in [0.717, 1.165) is 44.9 Å². The van der Waals surface area contributed by atoms with Crippen molar-refractivity contribution in [2.75, 3.05) is 0 Å². The van der Waals surface area contributed by atoms with Crippen LogP contribution in [-0.4, -0.2) is 10.7 Å². The maximum atomic E-state index is 11.0. The van der Waals surface area contributed by atoms with Gasteiger partial charge in [0.2, 0.25) is 0 Å². The zero-order valence-electron chi connectivity index (χ0n) is 10.5. The van der Waals surface area contributed by atoms with Crippen molar-refractivity contribution >= 4 is 0 Å². The van der Waals surface area contributed by atoms with Gasteiger partial charge in [-0.25, -0.2) is 0 Å². The first-order chi connectivity index (χ1) is 7.58. The lowest BCUT2D eigenvalue weighted by molar-refractivity contribution is -0.0855. The lowest BCUT2D eigenvalue weighted by Crippen LogP contribution is -2.49. The van der Waals surface area contributed by atoms with Gasteiger partial charge in [0.15, 0.2) is 0 Å². The molecule has 0 radical (unpaired) electrons. The van der Waals surface area contributed by atoms with E-state index < -0.39 is 11.0 Å². The highest BCUT2D eigenvalue weighted by atomic mass is 16.3. The summed E-state index contributed by atoms with van der Waals surface area (Å²) < 4.78 is 0. The van der Waals surface area contributed by atoms with Crippen molar-refractivity contribution in [1.82, 2.24) is 0 Å². The molecule has 0 aromatic rings. The molecule has 2 aliphatic carbocycles. The second kappa shape index (κ2) is 4.04. The molecule has 0 amide bonds. The third-order valence-electron chi connectivity index (χ3n) is 5.08. The van der Waals surface area contributed by atoms with E-state index in [9.17, 15) is 10.4 Å². The van der Waals surface area contributed by atoms with Gasteiger partial charge in [-0.05, 0) is 43.9 Å². The summed E-state index contributed by atoms with van der Waals surface area (Å²) in [5.41, 5.74) is -1.13. The van der Waals surface area contributed by atoms with E-state index >= 15 is 0 Å². The average molecular weight is 221 g/mol. The van der Waals surface area contributed by atoms with Crippen LogP contribution in [0.2, 0.25) is 0 Å². The van der Waals surface area contributed by atoms with Gasteiger partial charge in [0.25, 0.3) is 0 Å². The molecule has 90 valence electrons. The van der Waals surface area contributed by atoms with Crippen LogP contribution in [-0.2, 0) is 0 Å². The highest BCUT2D eigenvalue weighted by Crippen LogP contribution is 2.57. The quantitative estimate of drug-likeness (QED) is 0.777. The maximum Gasteiger partial charge on any atom is 0.0865 e. The van der Waals surface area contributed by atoms with Crippen LogP contribution in [0.1, 0.15) is 58.8 Å². The molecule has 4 unspecified atom stereocenters. The van der Waals surface area contributed by atoms with Crippen molar-refractivity contribution in [3.05, 3.63) is 0 Å². The molecular formula is C14H23NO. The van der Waals surface area contributed by atoms with Crippen LogP contribution in [0, 0.1) is 28.6 Å². The van der Waals surface area contributed by atoms with Gasteiger partial charge in [0, 0.05) is 0 Å². The summed E-state index contributed by atoms with van der Waals surface area (Å²) in [6.45, 7) is 4.35. The maximum absolute atomic E-state index is 11.0. The SMILES string of the molecule is CCC1CCCC1(O)C1(C#N)CCC(C)C1. The number of nitrogens with zero attached hydrogens (tertiary/aromatic N) is 1. The Kier molecular flexibility index (Phi) is 3.01. The monoisotopic (exact) mass is 221 g/mol. The Hall–Kier alpha value is -0.550. The number of rotatable bonds is 2. The zero-order chi connectivity index (χ0) is 11.8. The fourth-order valence-electron chi connectivity index (χ4n) is 4.12. The zero-order valence-corrected chi connectivity index (χ0v) is 10.5. The van der Waals surface area contributed by atoms with Crippen molar-refractivity contribution in [3.63, 3.8) is 0 Å². The molecule has 1 N–H and O–H groups in total. The normalized spacial score (nSPS) is 48.1. The molecule has 2 heteroatoms. The van der Waals surface area contributed by atoms with Crippen LogP contribution >= 0.6 is 0 Å². The first kappa shape index (κ1) is 11.9. The van der Waals surface area contributed by atoms with Crippen molar-refractivity contribution in [2.24, 2.45) is 17.3 Å². The number of nitriles is 1. The van der Waals surface area contributed by atoms with Gasteiger partial charge in [-0.3, -0.25) is 0 Å². The van der Waals surface area contributed by atoms with Crippen LogP contribution in [0.4, 0.5) is 0 Å². The Labute approximate surface area is 98.7 Å². The van der Waals surface area contributed by atoms with E-state index in [1.54, 1.807) is 0 Å². The number of hydrogen-bond donors (Lipinski definition) is 1. The molecule has 4 atom stereocenters. The minimum absolute atomic E-state index is 0.345. The molecule has 2 rings (SSSR count). The summed E-state index contributed by atoms with van der Waals surface area (Å²) in [4.78, 5) is 0. The average Bonchev–Trinajstić information content (AvgIpc) is 2.84. The fourth-order valence-corrected chi connectivity index (χ4v) is 4.12. The van der Waals surface area contributed by atoms with Crippen molar-refractivity contribution in [3.8, 4) is 6.07 Å². The highest BCUT2D eigenvalue weighted by Gasteiger charge is 2.58. The second-order valence-electron chi connectivity index (χ2n) is 5.96. The molecule has 0 spiro atoms. The van der Waals surface area contributed by atoms with E-state index in [1.807, 2.05) is 0 Å². The van der Waals surface area contributed by atoms with E-state index in [1.165, 1.54) is 0 Å². The predicted molar refractivity (Wildman–Crippen MR) is 63.6 cm³/mol. The van der Waals surface area contributed by atoms with Crippen LogP contribution in [0.5, 0.6) is 0 Å². The highest BCUT2D eigenvalue weighted by molar-refractivity contribution is 5.17. The summed E-state index contributed by atoms with van der Waals surface area (Å²) >= 11 is 0. The first-order valence-electron chi connectivity index (χ1n) is 6.71. The third kappa shape index (κ3) is 1.49. The van der Waals surface area contributed by atoms with E-state index in [0.29, 0.717) is 11.8 Å². The van der Waals surface area contributed by atoms with Gasteiger partial charge in [-0.1, -0.05) is 26.7 Å². The van der Waals surface area contributed by atoms with Gasteiger partial charge >= 0.3 is 0 Å². The molecule has 2 fully saturated rings. The molecule has 2 aliphatic rings. The molecule has 2 saturated carbocycles. The summed E-state index contributed by atoms with van der Waals surface area (Å²) in [7, 11) is 0. The topological polar surface area (TPSA) is 44.0 Å². The van der Waals surface area contributed by atoms with Gasteiger partial charge in [0.05, 0.1) is 17.1 Å². The second-order valence-corrected chi connectivity index (χ2v) is 5.96. The van der Waals surface area contributed by atoms with E-state index in [-0.39, 0.29) is 0 Å². The minimum Gasteiger partial charge on any atom is -0.388 e. The fraction of sp³-hybridized carbons (Fsp3) is 0.929. The summed E-state index contributed by atoms with van der Waals surface area (Å²) in [5.74, 6) is 0.944. The van der Waals surface area contributed by atoms with Gasteiger partial charge < -0.3 is 5.11 Å². The number of aliphatic hydroxyl groups is 1. The molecule has 0 aromatic heterocycles. The standard InChI is InChI=1S/C14H23NO/c1-3-12-5-4-7-14(12,16)13(10-15)8-6-11(2)9-13/h11-12,16H,3-9H2,1-2H3. The third-order valence-corrected chi connectivity index (χ3v) is 5.08. The Balaban J connectivity index is 2.30. The van der Waals surface area contributed by atoms with Crippen LogP contribution in [0.3, 0.4) is 0 Å². The Morgan fingerprint density at radius 3 is 2.62 bits per heavy atom. The Morgan fingerprint density at radius 1 is 1.38 bits per heavy atom. The molecule has 0 heterocycles. The summed E-state index contributed by atoms with van der Waals surface area (Å²) in [6.07, 6.45) is 6.94. The molecular weight excluding hydrogens is 198 g/mol.